The summed E-state index contributed by atoms with van der Waals surface area (Å²) in [6.07, 6.45) is 0.728. The van der Waals surface area contributed by atoms with Crippen LogP contribution in [0.1, 0.15) is 17.0 Å². The predicted octanol–water partition coefficient (Wildman–Crippen LogP) is -2.00. The number of nitrogens with two attached hydrogens (primary N) is 1. The highest BCUT2D eigenvalue weighted by Crippen LogP contribution is 2.01. The first-order chi connectivity index (χ1) is 7.50. The lowest BCUT2D eigenvalue weighted by Crippen LogP contribution is -2.49. The van der Waals surface area contributed by atoms with Gasteiger partial charge in [0.1, 0.15) is 0 Å². The molecular formula is C9H9N2O5-. The molecule has 16 heavy (non-hydrogen) atoms. The number of carbonyl (C=O) groups is 3. The number of rotatable bonds is 5. The van der Waals surface area contributed by atoms with Gasteiger partial charge in [-0.25, -0.2) is 0 Å². The van der Waals surface area contributed by atoms with Gasteiger partial charge in [0.25, 0.3) is 5.91 Å². The zero-order valence-corrected chi connectivity index (χ0v) is 8.14. The minimum atomic E-state index is -1.58. The van der Waals surface area contributed by atoms with Crippen molar-refractivity contribution in [2.24, 2.45) is 5.73 Å². The van der Waals surface area contributed by atoms with Gasteiger partial charge in [-0.15, -0.1) is 0 Å². The summed E-state index contributed by atoms with van der Waals surface area (Å²) in [4.78, 5) is 32.5. The molecule has 0 aliphatic heterocycles. The summed E-state index contributed by atoms with van der Waals surface area (Å²) in [6.45, 7) is 0. The van der Waals surface area contributed by atoms with Crippen molar-refractivity contribution in [1.82, 2.24) is 5.32 Å². The minimum absolute atomic E-state index is 0.0595. The fourth-order valence-corrected chi connectivity index (χ4v) is 1.03. The van der Waals surface area contributed by atoms with E-state index < -0.39 is 30.2 Å². The van der Waals surface area contributed by atoms with E-state index >= 15 is 0 Å². The van der Waals surface area contributed by atoms with Crippen LogP contribution in [-0.4, -0.2) is 23.8 Å². The average Bonchev–Trinajstić information content (AvgIpc) is 2.68. The predicted molar refractivity (Wildman–Crippen MR) is 48.8 cm³/mol. The summed E-state index contributed by atoms with van der Waals surface area (Å²) < 4.78 is 4.74. The molecule has 1 atom stereocenters. The van der Waals surface area contributed by atoms with Gasteiger partial charge in [0, 0.05) is 0 Å². The Morgan fingerprint density at radius 3 is 2.62 bits per heavy atom. The van der Waals surface area contributed by atoms with Crippen molar-refractivity contribution in [3.63, 3.8) is 0 Å². The third-order valence-corrected chi connectivity index (χ3v) is 1.74. The van der Waals surface area contributed by atoms with Gasteiger partial charge in [0.05, 0.1) is 24.7 Å². The topological polar surface area (TPSA) is 125 Å². The van der Waals surface area contributed by atoms with E-state index in [2.05, 4.69) is 5.32 Å². The summed E-state index contributed by atoms with van der Waals surface area (Å²) in [7, 11) is 0. The Labute approximate surface area is 90.2 Å². The molecule has 0 aliphatic carbocycles. The molecule has 3 N–H and O–H groups in total. The first kappa shape index (κ1) is 11.8. The number of amides is 2. The number of hydrogen-bond acceptors (Lipinski definition) is 5. The fourth-order valence-electron chi connectivity index (χ4n) is 1.03. The van der Waals surface area contributed by atoms with E-state index in [0.29, 0.717) is 0 Å². The second kappa shape index (κ2) is 4.96. The highest BCUT2D eigenvalue weighted by Gasteiger charge is 2.18. The zero-order chi connectivity index (χ0) is 12.1. The third kappa shape index (κ3) is 3.12. The van der Waals surface area contributed by atoms with Crippen molar-refractivity contribution in [3.05, 3.63) is 24.2 Å². The summed E-state index contributed by atoms with van der Waals surface area (Å²) in [6, 6.07) is 1.36. The van der Waals surface area contributed by atoms with Crippen molar-refractivity contribution in [2.45, 2.75) is 12.5 Å². The molecule has 0 unspecified atom stereocenters. The number of aliphatic carboxylic acids is 1. The Hall–Kier alpha value is -2.31. The first-order valence-corrected chi connectivity index (χ1v) is 4.34. The van der Waals surface area contributed by atoms with Crippen molar-refractivity contribution < 1.29 is 23.9 Å². The maximum atomic E-state index is 11.4. The molecule has 0 saturated heterocycles. The van der Waals surface area contributed by atoms with Gasteiger partial charge in [-0.05, 0) is 12.1 Å². The Kier molecular flexibility index (Phi) is 3.65. The Morgan fingerprint density at radius 2 is 2.19 bits per heavy atom. The maximum Gasteiger partial charge on any atom is 0.287 e. The summed E-state index contributed by atoms with van der Waals surface area (Å²) in [5.41, 5.74) is 4.82. The molecule has 1 aromatic heterocycles. The van der Waals surface area contributed by atoms with Gasteiger partial charge < -0.3 is 25.4 Å². The van der Waals surface area contributed by atoms with E-state index in [1.165, 1.54) is 18.4 Å². The quantitative estimate of drug-likeness (QED) is 0.599. The van der Waals surface area contributed by atoms with Crippen LogP contribution in [-0.2, 0) is 9.59 Å². The first-order valence-electron chi connectivity index (χ1n) is 4.34. The average molecular weight is 225 g/mol. The van der Waals surface area contributed by atoms with Gasteiger partial charge >= 0.3 is 0 Å². The lowest BCUT2D eigenvalue weighted by atomic mass is 10.2. The highest BCUT2D eigenvalue weighted by atomic mass is 16.4. The molecule has 0 radical (unpaired) electrons. The van der Waals surface area contributed by atoms with Gasteiger partial charge in [-0.2, -0.15) is 0 Å². The SMILES string of the molecule is NC(=O)C[C@H](NC(=O)c1ccco1)C(=O)[O-]. The lowest BCUT2D eigenvalue weighted by Gasteiger charge is -2.17. The number of furan rings is 1. The molecule has 7 nitrogen and oxygen atoms in total. The van der Waals surface area contributed by atoms with Crippen molar-refractivity contribution in [3.8, 4) is 0 Å². The van der Waals surface area contributed by atoms with E-state index in [1.807, 2.05) is 0 Å². The standard InChI is InChI=1S/C9H10N2O5/c10-7(12)4-5(9(14)15)11-8(13)6-2-1-3-16-6/h1-3,5H,4H2,(H2,10,12)(H,11,13)(H,14,15)/p-1/t5-/m0/s1. The Morgan fingerprint density at radius 1 is 1.50 bits per heavy atom. The second-order valence-corrected chi connectivity index (χ2v) is 2.99. The van der Waals surface area contributed by atoms with Crippen LogP contribution in [0.2, 0.25) is 0 Å². The molecule has 0 saturated carbocycles. The molecule has 0 fully saturated rings. The van der Waals surface area contributed by atoms with Gasteiger partial charge in [-0.1, -0.05) is 0 Å². The number of carbonyl (C=O) groups excluding carboxylic acids is 3. The van der Waals surface area contributed by atoms with Crippen LogP contribution >= 0.6 is 0 Å². The molecule has 0 bridgehead atoms. The monoisotopic (exact) mass is 225 g/mol. The van der Waals surface area contributed by atoms with E-state index in [0.717, 1.165) is 0 Å². The van der Waals surface area contributed by atoms with E-state index in [9.17, 15) is 19.5 Å². The maximum absolute atomic E-state index is 11.4. The van der Waals surface area contributed by atoms with Crippen LogP contribution in [0.5, 0.6) is 0 Å². The molecule has 7 heteroatoms. The fraction of sp³-hybridized carbons (Fsp3) is 0.222. The number of carboxylic acid groups (broad SMARTS) is 1. The normalized spacial score (nSPS) is 11.8. The van der Waals surface area contributed by atoms with Crippen LogP contribution < -0.4 is 16.2 Å². The van der Waals surface area contributed by atoms with Crippen molar-refractivity contribution >= 4 is 17.8 Å². The van der Waals surface area contributed by atoms with Crippen molar-refractivity contribution in [1.29, 1.82) is 0 Å². The molecule has 86 valence electrons. The van der Waals surface area contributed by atoms with E-state index in [-0.39, 0.29) is 5.76 Å². The van der Waals surface area contributed by atoms with E-state index in [1.54, 1.807) is 0 Å². The summed E-state index contributed by atoms with van der Waals surface area (Å²) in [5, 5.41) is 12.6. The van der Waals surface area contributed by atoms with Crippen LogP contribution in [0, 0.1) is 0 Å². The molecule has 0 aliphatic rings. The largest absolute Gasteiger partial charge is 0.548 e. The molecule has 0 spiro atoms. The van der Waals surface area contributed by atoms with Crippen LogP contribution in [0.3, 0.4) is 0 Å². The lowest BCUT2D eigenvalue weighted by molar-refractivity contribution is -0.308. The van der Waals surface area contributed by atoms with E-state index in [4.69, 9.17) is 10.2 Å². The number of hydrogen-bond donors (Lipinski definition) is 2. The molecule has 1 aromatic rings. The smallest absolute Gasteiger partial charge is 0.287 e. The number of primary amides is 1. The molecule has 2 amide bonds. The van der Waals surface area contributed by atoms with Gasteiger partial charge in [0.15, 0.2) is 5.76 Å². The molecule has 1 heterocycles. The Bertz CT molecular complexity index is 398. The molecular weight excluding hydrogens is 216 g/mol. The summed E-state index contributed by atoms with van der Waals surface area (Å²) in [5.74, 6) is -3.25. The highest BCUT2D eigenvalue weighted by molar-refractivity contribution is 5.95. The van der Waals surface area contributed by atoms with Crippen molar-refractivity contribution in [2.75, 3.05) is 0 Å². The van der Waals surface area contributed by atoms with Crippen LogP contribution in [0.25, 0.3) is 0 Å². The van der Waals surface area contributed by atoms with Gasteiger partial charge in [0.2, 0.25) is 5.91 Å². The number of nitrogens with one attached hydrogen (secondary N) is 1. The summed E-state index contributed by atoms with van der Waals surface area (Å²) >= 11 is 0. The molecule has 1 rings (SSSR count). The van der Waals surface area contributed by atoms with Gasteiger partial charge in [-0.3, -0.25) is 9.59 Å². The minimum Gasteiger partial charge on any atom is -0.548 e. The Balaban J connectivity index is 2.65. The third-order valence-electron chi connectivity index (χ3n) is 1.74. The number of carboxylic acids is 1. The molecule has 0 aromatic carbocycles. The van der Waals surface area contributed by atoms with Crippen LogP contribution in [0.4, 0.5) is 0 Å². The van der Waals surface area contributed by atoms with Crippen LogP contribution in [0.15, 0.2) is 22.8 Å². The zero-order valence-electron chi connectivity index (χ0n) is 8.14. The second-order valence-electron chi connectivity index (χ2n) is 2.99.